The number of methoxy groups -OCH3 is 1. The van der Waals surface area contributed by atoms with Gasteiger partial charge in [0, 0.05) is 23.9 Å². The summed E-state index contributed by atoms with van der Waals surface area (Å²) in [6.07, 6.45) is 2.57. The SMILES string of the molecule is COc1ccc(/C=C(\C)C(O)(Cc2cccc(Cl)c2)C(C)CN(C)C)cc1. The Morgan fingerprint density at radius 2 is 1.89 bits per heavy atom. The molecule has 4 heteroatoms. The van der Waals surface area contributed by atoms with Crippen molar-refractivity contribution < 1.29 is 9.84 Å². The Kier molecular flexibility index (Phi) is 7.49. The van der Waals surface area contributed by atoms with Crippen LogP contribution in [-0.2, 0) is 6.42 Å². The second-order valence-corrected chi connectivity index (χ2v) is 7.93. The second-order valence-electron chi connectivity index (χ2n) is 7.49. The van der Waals surface area contributed by atoms with Gasteiger partial charge < -0.3 is 14.7 Å². The van der Waals surface area contributed by atoms with Gasteiger partial charge in [0.05, 0.1) is 12.7 Å². The van der Waals surface area contributed by atoms with E-state index in [-0.39, 0.29) is 5.92 Å². The Labute approximate surface area is 168 Å². The molecule has 0 radical (unpaired) electrons. The fourth-order valence-corrected chi connectivity index (χ4v) is 3.65. The minimum absolute atomic E-state index is 0.0426. The summed E-state index contributed by atoms with van der Waals surface area (Å²) in [4.78, 5) is 2.11. The predicted octanol–water partition coefficient (Wildman–Crippen LogP) is 4.92. The lowest BCUT2D eigenvalue weighted by Crippen LogP contribution is -2.44. The fourth-order valence-electron chi connectivity index (χ4n) is 3.43. The average molecular weight is 388 g/mol. The molecule has 146 valence electrons. The summed E-state index contributed by atoms with van der Waals surface area (Å²) in [6, 6.07) is 15.6. The number of hydrogen-bond acceptors (Lipinski definition) is 3. The molecule has 0 bridgehead atoms. The van der Waals surface area contributed by atoms with Crippen LogP contribution in [0.3, 0.4) is 0 Å². The molecule has 1 N–H and O–H groups in total. The van der Waals surface area contributed by atoms with E-state index in [1.54, 1.807) is 7.11 Å². The molecule has 0 heterocycles. The highest BCUT2D eigenvalue weighted by atomic mass is 35.5. The molecular formula is C23H30ClNO2. The van der Waals surface area contributed by atoms with Crippen molar-refractivity contribution in [3.63, 3.8) is 0 Å². The van der Waals surface area contributed by atoms with Crippen molar-refractivity contribution in [3.8, 4) is 5.75 Å². The zero-order valence-electron chi connectivity index (χ0n) is 16.9. The van der Waals surface area contributed by atoms with E-state index in [2.05, 4.69) is 17.9 Å². The summed E-state index contributed by atoms with van der Waals surface area (Å²) in [5.74, 6) is 0.862. The molecule has 2 aromatic rings. The van der Waals surface area contributed by atoms with Crippen molar-refractivity contribution in [2.75, 3.05) is 27.7 Å². The van der Waals surface area contributed by atoms with Crippen molar-refractivity contribution in [2.45, 2.75) is 25.9 Å². The largest absolute Gasteiger partial charge is 0.497 e. The van der Waals surface area contributed by atoms with Gasteiger partial charge in [0.25, 0.3) is 0 Å². The lowest BCUT2D eigenvalue weighted by molar-refractivity contribution is 0.0150. The first kappa shape index (κ1) is 21.5. The zero-order valence-corrected chi connectivity index (χ0v) is 17.6. The molecule has 0 fully saturated rings. The van der Waals surface area contributed by atoms with Gasteiger partial charge in [0.15, 0.2) is 0 Å². The second kappa shape index (κ2) is 9.41. The summed E-state index contributed by atoms with van der Waals surface area (Å²) < 4.78 is 5.23. The van der Waals surface area contributed by atoms with E-state index in [0.29, 0.717) is 11.4 Å². The van der Waals surface area contributed by atoms with Gasteiger partial charge in [0.1, 0.15) is 5.75 Å². The van der Waals surface area contributed by atoms with E-state index in [1.807, 2.05) is 69.6 Å². The molecule has 2 rings (SSSR count). The topological polar surface area (TPSA) is 32.7 Å². The van der Waals surface area contributed by atoms with E-state index in [9.17, 15) is 5.11 Å². The molecule has 3 nitrogen and oxygen atoms in total. The number of halogens is 1. The van der Waals surface area contributed by atoms with Crippen molar-refractivity contribution in [1.29, 1.82) is 0 Å². The normalized spacial score (nSPS) is 15.5. The van der Waals surface area contributed by atoms with Crippen molar-refractivity contribution in [3.05, 3.63) is 70.3 Å². The smallest absolute Gasteiger partial charge is 0.118 e. The number of hydrogen-bond donors (Lipinski definition) is 1. The minimum atomic E-state index is -0.977. The Morgan fingerprint density at radius 3 is 2.44 bits per heavy atom. The predicted molar refractivity (Wildman–Crippen MR) is 114 cm³/mol. The van der Waals surface area contributed by atoms with Gasteiger partial charge in [-0.2, -0.15) is 0 Å². The van der Waals surface area contributed by atoms with E-state index in [0.717, 1.165) is 29.0 Å². The van der Waals surface area contributed by atoms with E-state index in [1.165, 1.54) is 0 Å². The fraction of sp³-hybridized carbons (Fsp3) is 0.391. The number of nitrogens with zero attached hydrogens (tertiary/aromatic N) is 1. The van der Waals surface area contributed by atoms with Crippen LogP contribution >= 0.6 is 11.6 Å². The molecule has 2 aromatic carbocycles. The molecular weight excluding hydrogens is 358 g/mol. The number of benzene rings is 2. The van der Waals surface area contributed by atoms with Crippen molar-refractivity contribution >= 4 is 17.7 Å². The molecule has 0 aliphatic heterocycles. The van der Waals surface area contributed by atoms with Gasteiger partial charge in [-0.3, -0.25) is 0 Å². The maximum atomic E-state index is 11.7. The van der Waals surface area contributed by atoms with E-state index in [4.69, 9.17) is 16.3 Å². The maximum Gasteiger partial charge on any atom is 0.118 e. The Morgan fingerprint density at radius 1 is 1.22 bits per heavy atom. The number of ether oxygens (including phenoxy) is 1. The van der Waals surface area contributed by atoms with Gasteiger partial charge >= 0.3 is 0 Å². The third-order valence-corrected chi connectivity index (χ3v) is 5.23. The highest BCUT2D eigenvalue weighted by Gasteiger charge is 2.36. The summed E-state index contributed by atoms with van der Waals surface area (Å²) in [5.41, 5.74) is 2.02. The first-order valence-corrected chi connectivity index (χ1v) is 9.57. The van der Waals surface area contributed by atoms with Crippen LogP contribution in [0.25, 0.3) is 6.08 Å². The van der Waals surface area contributed by atoms with Crippen LogP contribution in [0.1, 0.15) is 25.0 Å². The standard InChI is InChI=1S/C23H30ClNO2/c1-17(13-19-9-11-22(27-5)12-10-19)23(26,18(2)16-25(3)4)15-20-7-6-8-21(24)14-20/h6-14,18,26H,15-16H2,1-5H3/b17-13+. The molecule has 0 spiro atoms. The number of rotatable bonds is 8. The Bertz CT molecular complexity index is 770. The number of aliphatic hydroxyl groups is 1. The Balaban J connectivity index is 2.38. The van der Waals surface area contributed by atoms with Crippen LogP contribution in [0.15, 0.2) is 54.1 Å². The minimum Gasteiger partial charge on any atom is -0.497 e. The van der Waals surface area contributed by atoms with Crippen LogP contribution in [0, 0.1) is 5.92 Å². The monoisotopic (exact) mass is 387 g/mol. The van der Waals surface area contributed by atoms with Gasteiger partial charge in [0.2, 0.25) is 0 Å². The van der Waals surface area contributed by atoms with Gasteiger partial charge in [-0.05, 0) is 62.0 Å². The lowest BCUT2D eigenvalue weighted by Gasteiger charge is -2.37. The van der Waals surface area contributed by atoms with Crippen LogP contribution in [0.5, 0.6) is 5.75 Å². The first-order chi connectivity index (χ1) is 12.7. The van der Waals surface area contributed by atoms with Crippen LogP contribution in [0.2, 0.25) is 5.02 Å². The quantitative estimate of drug-likeness (QED) is 0.697. The Hall–Kier alpha value is -1.81. The summed E-state index contributed by atoms with van der Waals surface area (Å²) in [6.45, 7) is 4.88. The van der Waals surface area contributed by atoms with E-state index < -0.39 is 5.60 Å². The van der Waals surface area contributed by atoms with Gasteiger partial charge in [-0.25, -0.2) is 0 Å². The van der Waals surface area contributed by atoms with Gasteiger partial charge in [-0.1, -0.05) is 48.9 Å². The highest BCUT2D eigenvalue weighted by Crippen LogP contribution is 2.33. The van der Waals surface area contributed by atoms with Crippen LogP contribution in [0.4, 0.5) is 0 Å². The third kappa shape index (κ3) is 5.83. The van der Waals surface area contributed by atoms with Crippen molar-refractivity contribution in [1.82, 2.24) is 4.90 Å². The first-order valence-electron chi connectivity index (χ1n) is 9.19. The highest BCUT2D eigenvalue weighted by molar-refractivity contribution is 6.30. The van der Waals surface area contributed by atoms with Crippen LogP contribution < -0.4 is 4.74 Å². The van der Waals surface area contributed by atoms with Crippen LogP contribution in [-0.4, -0.2) is 43.4 Å². The van der Waals surface area contributed by atoms with Crippen molar-refractivity contribution in [2.24, 2.45) is 5.92 Å². The molecule has 27 heavy (non-hydrogen) atoms. The molecule has 2 atom stereocenters. The third-order valence-electron chi connectivity index (χ3n) is 5.00. The molecule has 0 saturated heterocycles. The summed E-state index contributed by atoms with van der Waals surface area (Å²) in [5, 5.41) is 12.4. The van der Waals surface area contributed by atoms with Gasteiger partial charge in [-0.15, -0.1) is 0 Å². The lowest BCUT2D eigenvalue weighted by atomic mass is 9.77. The molecule has 0 aliphatic rings. The summed E-state index contributed by atoms with van der Waals surface area (Å²) in [7, 11) is 5.71. The molecule has 0 aromatic heterocycles. The maximum absolute atomic E-state index is 11.7. The molecule has 0 aliphatic carbocycles. The summed E-state index contributed by atoms with van der Waals surface area (Å²) >= 11 is 6.16. The molecule has 0 amide bonds. The zero-order chi connectivity index (χ0) is 20.0. The molecule has 0 saturated carbocycles. The molecule has 2 unspecified atom stereocenters. The average Bonchev–Trinajstić information content (AvgIpc) is 2.61. The van der Waals surface area contributed by atoms with E-state index >= 15 is 0 Å².